The summed E-state index contributed by atoms with van der Waals surface area (Å²) in [7, 11) is 0. The molecule has 132 valence electrons. The van der Waals surface area contributed by atoms with Gasteiger partial charge in [0.15, 0.2) is 0 Å². The lowest BCUT2D eigenvalue weighted by molar-refractivity contribution is 0.0734. The SMILES string of the molecule is Cc1cc(C)n(Cc2ccc(C(=O)N3CCc4ccccc4C3)cc2)n1. The molecule has 0 unspecified atom stereocenters. The first-order chi connectivity index (χ1) is 12.6. The van der Waals surface area contributed by atoms with Crippen LogP contribution in [0.3, 0.4) is 0 Å². The summed E-state index contributed by atoms with van der Waals surface area (Å²) in [5.74, 6) is 0.108. The van der Waals surface area contributed by atoms with Crippen LogP contribution in [0.1, 0.15) is 38.4 Å². The van der Waals surface area contributed by atoms with E-state index >= 15 is 0 Å². The van der Waals surface area contributed by atoms with Crippen LogP contribution in [0, 0.1) is 13.8 Å². The highest BCUT2D eigenvalue weighted by Crippen LogP contribution is 2.20. The number of carbonyl (C=O) groups is 1. The van der Waals surface area contributed by atoms with E-state index < -0.39 is 0 Å². The zero-order chi connectivity index (χ0) is 18.1. The minimum absolute atomic E-state index is 0.108. The Hall–Kier alpha value is -2.88. The number of carbonyl (C=O) groups excluding carboxylic acids is 1. The maximum absolute atomic E-state index is 12.8. The van der Waals surface area contributed by atoms with Crippen molar-refractivity contribution in [3.05, 3.63) is 88.2 Å². The molecule has 0 fully saturated rings. The van der Waals surface area contributed by atoms with Gasteiger partial charge in [0, 0.05) is 24.3 Å². The van der Waals surface area contributed by atoms with Gasteiger partial charge in [0.05, 0.1) is 12.2 Å². The van der Waals surface area contributed by atoms with E-state index in [1.807, 2.05) is 46.8 Å². The molecule has 1 aliphatic rings. The Morgan fingerprint density at radius 2 is 1.77 bits per heavy atom. The van der Waals surface area contributed by atoms with Crippen molar-refractivity contribution in [1.82, 2.24) is 14.7 Å². The zero-order valence-corrected chi connectivity index (χ0v) is 15.3. The second-order valence-corrected chi connectivity index (χ2v) is 7.03. The molecule has 4 heteroatoms. The minimum atomic E-state index is 0.108. The van der Waals surface area contributed by atoms with E-state index in [1.165, 1.54) is 11.1 Å². The summed E-state index contributed by atoms with van der Waals surface area (Å²) in [6.07, 6.45) is 0.928. The van der Waals surface area contributed by atoms with Crippen molar-refractivity contribution >= 4 is 5.91 Å². The third-order valence-electron chi connectivity index (χ3n) is 5.05. The first-order valence-corrected chi connectivity index (χ1v) is 9.06. The van der Waals surface area contributed by atoms with E-state index in [0.29, 0.717) is 6.54 Å². The highest BCUT2D eigenvalue weighted by atomic mass is 16.2. The van der Waals surface area contributed by atoms with Crippen LogP contribution in [0.4, 0.5) is 0 Å². The zero-order valence-electron chi connectivity index (χ0n) is 15.3. The van der Waals surface area contributed by atoms with Gasteiger partial charge in [-0.2, -0.15) is 5.10 Å². The number of nitrogens with zero attached hydrogens (tertiary/aromatic N) is 3. The highest BCUT2D eigenvalue weighted by Gasteiger charge is 2.21. The van der Waals surface area contributed by atoms with Crippen LogP contribution in [0.25, 0.3) is 0 Å². The van der Waals surface area contributed by atoms with Crippen LogP contribution in [0.5, 0.6) is 0 Å². The number of hydrogen-bond acceptors (Lipinski definition) is 2. The molecule has 0 aliphatic carbocycles. The average Bonchev–Trinajstić information content (AvgIpc) is 2.98. The molecule has 0 N–H and O–H groups in total. The van der Waals surface area contributed by atoms with Gasteiger partial charge in [0.2, 0.25) is 0 Å². The molecular formula is C22H23N3O. The van der Waals surface area contributed by atoms with Crippen molar-refractivity contribution in [2.24, 2.45) is 0 Å². The van der Waals surface area contributed by atoms with Crippen LogP contribution >= 0.6 is 0 Å². The standard InChI is InChI=1S/C22H23N3O/c1-16-13-17(2)25(23-16)14-18-7-9-20(10-8-18)22(26)24-12-11-19-5-3-4-6-21(19)15-24/h3-10,13H,11-12,14-15H2,1-2H3. The van der Waals surface area contributed by atoms with Crippen molar-refractivity contribution in [1.29, 1.82) is 0 Å². The second-order valence-electron chi connectivity index (χ2n) is 7.03. The Labute approximate surface area is 154 Å². The van der Waals surface area contributed by atoms with Crippen LogP contribution < -0.4 is 0 Å². The fourth-order valence-electron chi connectivity index (χ4n) is 3.61. The molecule has 1 aliphatic heterocycles. The molecule has 0 radical (unpaired) electrons. The fraction of sp³-hybridized carbons (Fsp3) is 0.273. The molecule has 0 atom stereocenters. The quantitative estimate of drug-likeness (QED) is 0.725. The summed E-state index contributed by atoms with van der Waals surface area (Å²) < 4.78 is 1.99. The Morgan fingerprint density at radius 3 is 2.46 bits per heavy atom. The first-order valence-electron chi connectivity index (χ1n) is 9.06. The Morgan fingerprint density at radius 1 is 1.04 bits per heavy atom. The van der Waals surface area contributed by atoms with Crippen molar-refractivity contribution < 1.29 is 4.79 Å². The van der Waals surface area contributed by atoms with Crippen molar-refractivity contribution in [3.63, 3.8) is 0 Å². The van der Waals surface area contributed by atoms with Crippen molar-refractivity contribution in [3.8, 4) is 0 Å². The van der Waals surface area contributed by atoms with Gasteiger partial charge in [0.1, 0.15) is 0 Å². The summed E-state index contributed by atoms with van der Waals surface area (Å²) in [4.78, 5) is 14.8. The smallest absolute Gasteiger partial charge is 0.254 e. The fourth-order valence-corrected chi connectivity index (χ4v) is 3.61. The molecule has 0 bridgehead atoms. The maximum Gasteiger partial charge on any atom is 0.254 e. The Kier molecular flexibility index (Phi) is 4.33. The van der Waals surface area contributed by atoms with E-state index in [2.05, 4.69) is 36.3 Å². The van der Waals surface area contributed by atoms with Gasteiger partial charge in [-0.15, -0.1) is 0 Å². The predicted octanol–water partition coefficient (Wildman–Crippen LogP) is 3.75. The van der Waals surface area contributed by atoms with Gasteiger partial charge in [-0.05, 0) is 55.2 Å². The largest absolute Gasteiger partial charge is 0.334 e. The van der Waals surface area contributed by atoms with Crippen molar-refractivity contribution in [2.45, 2.75) is 33.4 Å². The monoisotopic (exact) mass is 345 g/mol. The molecule has 4 rings (SSSR count). The van der Waals surface area contributed by atoms with Gasteiger partial charge in [-0.25, -0.2) is 0 Å². The molecule has 1 aromatic heterocycles. The predicted molar refractivity (Wildman–Crippen MR) is 102 cm³/mol. The number of aromatic nitrogens is 2. The van der Waals surface area contributed by atoms with Gasteiger partial charge >= 0.3 is 0 Å². The first kappa shape index (κ1) is 16.6. The number of rotatable bonds is 3. The molecule has 1 amide bonds. The van der Waals surface area contributed by atoms with E-state index in [4.69, 9.17) is 0 Å². The molecule has 0 spiro atoms. The van der Waals surface area contributed by atoms with E-state index in [9.17, 15) is 4.79 Å². The minimum Gasteiger partial charge on any atom is -0.334 e. The topological polar surface area (TPSA) is 38.1 Å². The summed E-state index contributed by atoms with van der Waals surface area (Å²) >= 11 is 0. The van der Waals surface area contributed by atoms with Gasteiger partial charge in [-0.1, -0.05) is 36.4 Å². The summed E-state index contributed by atoms with van der Waals surface area (Å²) in [5.41, 5.74) is 6.69. The molecule has 2 aromatic carbocycles. The number of benzene rings is 2. The molecule has 4 nitrogen and oxygen atoms in total. The van der Waals surface area contributed by atoms with Crippen LogP contribution in [-0.2, 0) is 19.5 Å². The van der Waals surface area contributed by atoms with E-state index in [-0.39, 0.29) is 5.91 Å². The van der Waals surface area contributed by atoms with Gasteiger partial charge in [-0.3, -0.25) is 9.48 Å². The van der Waals surface area contributed by atoms with Crippen LogP contribution in [-0.4, -0.2) is 27.1 Å². The number of amides is 1. The summed E-state index contributed by atoms with van der Waals surface area (Å²) in [5, 5.41) is 4.50. The van der Waals surface area contributed by atoms with Gasteiger partial charge < -0.3 is 4.90 Å². The second kappa shape index (κ2) is 6.79. The third-order valence-corrected chi connectivity index (χ3v) is 5.05. The molecule has 3 aromatic rings. The number of hydrogen-bond donors (Lipinski definition) is 0. The molecular weight excluding hydrogens is 322 g/mol. The van der Waals surface area contributed by atoms with Crippen LogP contribution in [0.15, 0.2) is 54.6 Å². The Bertz CT molecular complexity index is 940. The average molecular weight is 345 g/mol. The Balaban J connectivity index is 1.47. The third kappa shape index (κ3) is 3.27. The maximum atomic E-state index is 12.8. The lowest BCUT2D eigenvalue weighted by Crippen LogP contribution is -2.35. The van der Waals surface area contributed by atoms with Crippen LogP contribution in [0.2, 0.25) is 0 Å². The highest BCUT2D eigenvalue weighted by molar-refractivity contribution is 5.94. The number of aryl methyl sites for hydroxylation is 2. The van der Waals surface area contributed by atoms with E-state index in [1.54, 1.807) is 0 Å². The molecule has 0 saturated heterocycles. The normalized spacial score (nSPS) is 13.5. The lowest BCUT2D eigenvalue weighted by atomic mass is 9.99. The van der Waals surface area contributed by atoms with E-state index in [0.717, 1.165) is 42.0 Å². The molecule has 26 heavy (non-hydrogen) atoms. The summed E-state index contributed by atoms with van der Waals surface area (Å²) in [6.45, 7) is 6.27. The number of fused-ring (bicyclic) bond motifs is 1. The van der Waals surface area contributed by atoms with Gasteiger partial charge in [0.25, 0.3) is 5.91 Å². The van der Waals surface area contributed by atoms with Crippen molar-refractivity contribution in [2.75, 3.05) is 6.54 Å². The summed E-state index contributed by atoms with van der Waals surface area (Å²) in [6, 6.07) is 18.4. The molecule has 2 heterocycles. The molecule has 0 saturated carbocycles. The lowest BCUT2D eigenvalue weighted by Gasteiger charge is -2.29.